The van der Waals surface area contributed by atoms with Gasteiger partial charge in [0, 0.05) is 38.8 Å². The van der Waals surface area contributed by atoms with Crippen molar-refractivity contribution in [1.82, 2.24) is 5.32 Å². The van der Waals surface area contributed by atoms with Crippen LogP contribution in [0.5, 0.6) is 0 Å². The molecule has 0 spiro atoms. The Labute approximate surface area is 158 Å². The molecule has 6 heteroatoms. The number of nitrogens with zero attached hydrogens (tertiary/aromatic N) is 3. The van der Waals surface area contributed by atoms with E-state index in [1.807, 2.05) is 0 Å². The van der Waals surface area contributed by atoms with Crippen molar-refractivity contribution in [3.8, 4) is 0 Å². The molecule has 0 heterocycles. The van der Waals surface area contributed by atoms with Gasteiger partial charge >= 0.3 is 0 Å². The van der Waals surface area contributed by atoms with Gasteiger partial charge in [0.2, 0.25) is 5.91 Å². The number of nitrogens with one attached hydrogen (secondary N) is 1. The molecule has 1 radical (unpaired) electrons. The van der Waals surface area contributed by atoms with Crippen LogP contribution in [0.1, 0.15) is 71.1 Å². The zero-order valence-electron chi connectivity index (χ0n) is 13.6. The summed E-state index contributed by atoms with van der Waals surface area (Å²) in [6, 6.07) is -0.380. The molecule has 121 valence electrons. The summed E-state index contributed by atoms with van der Waals surface area (Å²) in [6.07, 6.45) is 11.4. The molecule has 0 aromatic heterocycles. The second-order valence-electron chi connectivity index (χ2n) is 6.41. The fourth-order valence-corrected chi connectivity index (χ4v) is 3.21. The summed E-state index contributed by atoms with van der Waals surface area (Å²) >= 11 is 0. The molecule has 22 heavy (non-hydrogen) atoms. The van der Waals surface area contributed by atoms with Gasteiger partial charge < -0.3 is 10.7 Å². The van der Waals surface area contributed by atoms with Crippen LogP contribution in [0.15, 0.2) is 10.2 Å². The van der Waals surface area contributed by atoms with E-state index in [1.165, 1.54) is 45.4 Å². The van der Waals surface area contributed by atoms with Crippen LogP contribution in [0.4, 0.5) is 0 Å². The van der Waals surface area contributed by atoms with Crippen molar-refractivity contribution >= 4 is 11.6 Å². The van der Waals surface area contributed by atoms with E-state index in [1.54, 1.807) is 0 Å². The van der Waals surface area contributed by atoms with Gasteiger partial charge in [0.1, 0.15) is 6.04 Å². The Morgan fingerprint density at radius 3 is 2.14 bits per heavy atom. The molecule has 2 rings (SSSR count). The molecule has 5 nitrogen and oxygen atoms in total. The average molecular weight is 380 g/mol. The van der Waals surface area contributed by atoms with E-state index in [0.29, 0.717) is 0 Å². The first-order valence-corrected chi connectivity index (χ1v) is 8.39. The Balaban J connectivity index is 0.00000242. The molecule has 1 N–H and O–H groups in total. The van der Waals surface area contributed by atoms with Crippen molar-refractivity contribution in [1.29, 1.82) is 0 Å². The Morgan fingerprint density at radius 2 is 1.59 bits per heavy atom. The monoisotopic (exact) mass is 380 g/mol. The normalized spacial score (nSPS) is 22.0. The number of azo groups is 1. The van der Waals surface area contributed by atoms with Gasteiger partial charge in [-0.25, -0.2) is 0 Å². The third-order valence-corrected chi connectivity index (χ3v) is 4.52. The summed E-state index contributed by atoms with van der Waals surface area (Å²) in [5.74, 6) is -0.207. The van der Waals surface area contributed by atoms with Crippen molar-refractivity contribution in [3.63, 3.8) is 0 Å². The first-order valence-electron chi connectivity index (χ1n) is 8.39. The summed E-state index contributed by atoms with van der Waals surface area (Å²) < 4.78 is 0. The van der Waals surface area contributed by atoms with Crippen LogP contribution in [-0.4, -0.2) is 29.7 Å². The first-order chi connectivity index (χ1) is 10.2. The molecule has 0 aromatic carbocycles. The van der Waals surface area contributed by atoms with Crippen molar-refractivity contribution < 1.29 is 37.5 Å². The van der Waals surface area contributed by atoms with Crippen LogP contribution in [0, 0.1) is 0 Å². The maximum absolute atomic E-state index is 12.3. The minimum atomic E-state index is -0.839. The minimum absolute atomic E-state index is 0. The first kappa shape index (κ1) is 19.9. The van der Waals surface area contributed by atoms with E-state index in [9.17, 15) is 10.2 Å². The van der Waals surface area contributed by atoms with Crippen molar-refractivity contribution in [2.75, 3.05) is 0 Å². The number of carbonyl (C=O) groups excluding carboxylic acids is 1. The van der Waals surface area contributed by atoms with E-state index in [0.717, 1.165) is 25.7 Å². The summed E-state index contributed by atoms with van der Waals surface area (Å²) in [6.45, 7) is 1.53. The van der Waals surface area contributed by atoms with Crippen molar-refractivity contribution in [3.05, 3.63) is 5.41 Å². The van der Waals surface area contributed by atoms with Gasteiger partial charge in [-0.05, 0) is 25.7 Å². The van der Waals surface area contributed by atoms with Crippen LogP contribution in [0.25, 0.3) is 5.41 Å². The van der Waals surface area contributed by atoms with E-state index in [2.05, 4.69) is 15.5 Å². The van der Waals surface area contributed by atoms with Gasteiger partial charge in [-0.15, -0.1) is 0 Å². The Kier molecular flexibility index (Phi) is 9.57. The largest absolute Gasteiger partial charge is 0.809 e. The van der Waals surface area contributed by atoms with Crippen LogP contribution in [0.3, 0.4) is 0 Å². The molecule has 2 fully saturated rings. The number of amides is 1. The third kappa shape index (κ3) is 6.53. The second-order valence-corrected chi connectivity index (χ2v) is 6.41. The maximum Gasteiger partial charge on any atom is 0.249 e. The van der Waals surface area contributed by atoms with Gasteiger partial charge in [0.15, 0.2) is 0 Å². The summed E-state index contributed by atoms with van der Waals surface area (Å²) in [7, 11) is 0. The quantitative estimate of drug-likeness (QED) is 0.574. The van der Waals surface area contributed by atoms with Crippen LogP contribution in [-0.2, 0) is 37.5 Å². The van der Waals surface area contributed by atoms with E-state index >= 15 is 0 Å². The van der Waals surface area contributed by atoms with E-state index in [4.69, 9.17) is 0 Å². The average Bonchev–Trinajstić information content (AvgIpc) is 2.49. The molecule has 2 saturated carbocycles. The molecule has 0 aromatic rings. The number of hydrogen-bond acceptors (Lipinski definition) is 3. The molecule has 0 aliphatic heterocycles. The number of carbonyl (C=O) groups is 1. The summed E-state index contributed by atoms with van der Waals surface area (Å²) in [5, 5.41) is 21.2. The molecule has 0 saturated heterocycles. The van der Waals surface area contributed by atoms with Gasteiger partial charge in [-0.1, -0.05) is 45.4 Å². The minimum Gasteiger partial charge on any atom is -0.809 e. The van der Waals surface area contributed by atoms with Gasteiger partial charge in [0.05, 0.1) is 6.04 Å². The molecule has 0 bridgehead atoms. The van der Waals surface area contributed by atoms with Gasteiger partial charge in [-0.2, -0.15) is 15.9 Å². The molecule has 1 amide bonds. The molecule has 2 aliphatic carbocycles. The van der Waals surface area contributed by atoms with Crippen molar-refractivity contribution in [2.24, 2.45) is 10.2 Å². The Morgan fingerprint density at radius 1 is 1.05 bits per heavy atom. The fraction of sp³-hybridized carbons (Fsp3) is 0.875. The maximum atomic E-state index is 12.3. The SMILES string of the molecule is CC(=[N-])C(N=NC1CCCCC1)C(=O)NC1CCCCC1.[Y]. The Bertz CT molecular complexity index is 388. The van der Waals surface area contributed by atoms with Crippen LogP contribution >= 0.6 is 0 Å². The van der Waals surface area contributed by atoms with E-state index < -0.39 is 6.04 Å². The zero-order valence-corrected chi connectivity index (χ0v) is 16.5. The van der Waals surface area contributed by atoms with Crippen LogP contribution in [0.2, 0.25) is 0 Å². The topological polar surface area (TPSA) is 76.1 Å². The Hall–Kier alpha value is -0.156. The van der Waals surface area contributed by atoms with Crippen molar-refractivity contribution in [2.45, 2.75) is 89.3 Å². The third-order valence-electron chi connectivity index (χ3n) is 4.52. The fourth-order valence-electron chi connectivity index (χ4n) is 3.21. The number of hydrogen-bond donors (Lipinski definition) is 1. The van der Waals surface area contributed by atoms with E-state index in [-0.39, 0.29) is 56.4 Å². The summed E-state index contributed by atoms with van der Waals surface area (Å²) in [4.78, 5) is 12.3. The van der Waals surface area contributed by atoms with Gasteiger partial charge in [-0.3, -0.25) is 4.79 Å². The predicted octanol–water partition coefficient (Wildman–Crippen LogP) is 3.62. The van der Waals surface area contributed by atoms with Gasteiger partial charge in [0.25, 0.3) is 0 Å². The smallest absolute Gasteiger partial charge is 0.249 e. The molecular weight excluding hydrogens is 353 g/mol. The molecular formula is C16H27N4OY-. The molecule has 1 unspecified atom stereocenters. The second kappa shape index (κ2) is 10.6. The standard InChI is InChI=1S/C16H27N4O.Y/c1-12(17)15(20-19-14-10-6-3-7-11-14)16(21)18-13-8-4-2-5-9-13;/h13-15H,2-11H2,1H3,(H,18,21);/q-1;. The summed E-state index contributed by atoms with van der Waals surface area (Å²) in [5.41, 5.74) is 0.0304. The van der Waals surface area contributed by atoms with Crippen LogP contribution < -0.4 is 5.32 Å². The number of rotatable bonds is 5. The molecule has 1 atom stereocenters. The zero-order chi connectivity index (χ0) is 15.1. The predicted molar refractivity (Wildman–Crippen MR) is 84.6 cm³/mol. The molecule has 2 aliphatic rings.